The molecule has 1 saturated carbocycles. The molecule has 0 heterocycles. The predicted molar refractivity (Wildman–Crippen MR) is 86.1 cm³/mol. The molecular weight excluding hydrogens is 246 g/mol. The Labute approximate surface area is 123 Å². The summed E-state index contributed by atoms with van der Waals surface area (Å²) in [7, 11) is 1.73. The average molecular weight is 273 g/mol. The van der Waals surface area contributed by atoms with E-state index in [0.717, 1.165) is 24.8 Å². The monoisotopic (exact) mass is 273 g/mol. The van der Waals surface area contributed by atoms with Gasteiger partial charge in [0.05, 0.1) is 7.11 Å². The van der Waals surface area contributed by atoms with Crippen LogP contribution in [0.4, 0.5) is 0 Å². The van der Waals surface area contributed by atoms with Gasteiger partial charge in [0.25, 0.3) is 0 Å². The van der Waals surface area contributed by atoms with Crippen molar-refractivity contribution in [1.82, 2.24) is 5.32 Å². The zero-order valence-corrected chi connectivity index (χ0v) is 12.8. The molecule has 0 spiro atoms. The molecule has 0 atom stereocenters. The topological polar surface area (TPSA) is 21.3 Å². The van der Waals surface area contributed by atoms with Gasteiger partial charge in [-0.1, -0.05) is 50.0 Å². The van der Waals surface area contributed by atoms with Crippen molar-refractivity contribution < 1.29 is 4.74 Å². The maximum absolute atomic E-state index is 5.32. The summed E-state index contributed by atoms with van der Waals surface area (Å²) < 4.78 is 5.32. The van der Waals surface area contributed by atoms with Crippen LogP contribution < -0.4 is 10.1 Å². The minimum Gasteiger partial charge on any atom is -0.497 e. The third-order valence-electron chi connectivity index (χ3n) is 4.15. The van der Waals surface area contributed by atoms with Gasteiger partial charge in [0.1, 0.15) is 5.75 Å². The van der Waals surface area contributed by atoms with Crippen molar-refractivity contribution in [1.29, 1.82) is 0 Å². The van der Waals surface area contributed by atoms with Crippen molar-refractivity contribution in [3.63, 3.8) is 0 Å². The number of benzene rings is 1. The third-order valence-corrected chi connectivity index (χ3v) is 4.15. The number of methoxy groups -OCH3 is 1. The Bertz CT molecular complexity index is 433. The lowest BCUT2D eigenvalue weighted by Crippen LogP contribution is -2.22. The maximum Gasteiger partial charge on any atom is 0.119 e. The Morgan fingerprint density at radius 3 is 2.80 bits per heavy atom. The molecule has 110 valence electrons. The van der Waals surface area contributed by atoms with E-state index in [1.165, 1.54) is 37.7 Å². The first-order chi connectivity index (χ1) is 9.83. The van der Waals surface area contributed by atoms with Crippen molar-refractivity contribution >= 4 is 6.08 Å². The Hall–Kier alpha value is -1.28. The summed E-state index contributed by atoms with van der Waals surface area (Å²) in [5.74, 6) is 1.69. The Balaban J connectivity index is 2.16. The van der Waals surface area contributed by atoms with E-state index < -0.39 is 0 Å². The van der Waals surface area contributed by atoms with E-state index in [1.807, 2.05) is 6.07 Å². The van der Waals surface area contributed by atoms with E-state index in [9.17, 15) is 0 Å². The predicted octanol–water partition coefficient (Wildman–Crippen LogP) is 4.27. The summed E-state index contributed by atoms with van der Waals surface area (Å²) in [5.41, 5.74) is 2.81. The third kappa shape index (κ3) is 4.38. The number of likely N-dealkylation sites (N-methyl/N-ethyl adjacent to an activating group) is 1. The Kier molecular flexibility index (Phi) is 6.13. The zero-order chi connectivity index (χ0) is 14.2. The highest BCUT2D eigenvalue weighted by Gasteiger charge is 2.17. The van der Waals surface area contributed by atoms with Gasteiger partial charge in [-0.3, -0.25) is 0 Å². The van der Waals surface area contributed by atoms with Gasteiger partial charge in [0.2, 0.25) is 0 Å². The number of ether oxygens (including phenoxy) is 1. The fraction of sp³-hybridized carbons (Fsp3) is 0.556. The van der Waals surface area contributed by atoms with Gasteiger partial charge in [-0.2, -0.15) is 0 Å². The molecule has 0 amide bonds. The average Bonchev–Trinajstić information content (AvgIpc) is 2.52. The molecular formula is C18H27NO. The number of hydrogen-bond donors (Lipinski definition) is 1. The van der Waals surface area contributed by atoms with Crippen LogP contribution in [0.15, 0.2) is 29.8 Å². The molecule has 0 aliphatic heterocycles. The van der Waals surface area contributed by atoms with E-state index in [0.29, 0.717) is 0 Å². The molecule has 0 saturated heterocycles. The van der Waals surface area contributed by atoms with Gasteiger partial charge in [-0.05, 0) is 43.0 Å². The van der Waals surface area contributed by atoms with Gasteiger partial charge < -0.3 is 10.1 Å². The second kappa shape index (κ2) is 8.11. The molecule has 1 aliphatic carbocycles. The summed E-state index contributed by atoms with van der Waals surface area (Å²) in [5, 5.41) is 3.49. The fourth-order valence-electron chi connectivity index (χ4n) is 3.00. The lowest BCUT2D eigenvalue weighted by molar-refractivity contribution is 0.397. The van der Waals surface area contributed by atoms with Crippen molar-refractivity contribution in [3.05, 3.63) is 35.4 Å². The highest BCUT2D eigenvalue weighted by Crippen LogP contribution is 2.31. The highest BCUT2D eigenvalue weighted by atomic mass is 16.5. The SMILES string of the molecule is CCNC/C(=C/c1cccc(OC)c1)C1CCCCC1. The van der Waals surface area contributed by atoms with Crippen LogP contribution in [0.25, 0.3) is 6.08 Å². The van der Waals surface area contributed by atoms with Crippen LogP contribution in [-0.2, 0) is 0 Å². The van der Waals surface area contributed by atoms with Crippen LogP contribution in [0.3, 0.4) is 0 Å². The van der Waals surface area contributed by atoms with Crippen LogP contribution in [0, 0.1) is 5.92 Å². The van der Waals surface area contributed by atoms with Gasteiger partial charge in [0, 0.05) is 6.54 Å². The molecule has 0 radical (unpaired) electrons. The Morgan fingerprint density at radius 2 is 2.10 bits per heavy atom. The van der Waals surface area contributed by atoms with E-state index in [1.54, 1.807) is 12.7 Å². The molecule has 1 N–H and O–H groups in total. The van der Waals surface area contributed by atoms with E-state index in [-0.39, 0.29) is 0 Å². The molecule has 1 aromatic carbocycles. The first kappa shape index (κ1) is 15.1. The molecule has 2 heteroatoms. The molecule has 0 bridgehead atoms. The first-order valence-corrected chi connectivity index (χ1v) is 7.88. The molecule has 2 rings (SSSR count). The minimum atomic E-state index is 0.758. The van der Waals surface area contributed by atoms with Crippen molar-refractivity contribution in [2.45, 2.75) is 39.0 Å². The van der Waals surface area contributed by atoms with Gasteiger partial charge in [-0.25, -0.2) is 0 Å². The fourth-order valence-corrected chi connectivity index (χ4v) is 3.00. The lowest BCUT2D eigenvalue weighted by Gasteiger charge is -2.25. The van der Waals surface area contributed by atoms with Crippen molar-refractivity contribution in [2.75, 3.05) is 20.2 Å². The van der Waals surface area contributed by atoms with Gasteiger partial charge >= 0.3 is 0 Å². The van der Waals surface area contributed by atoms with Crippen LogP contribution in [0.5, 0.6) is 5.75 Å². The number of nitrogens with one attached hydrogen (secondary N) is 1. The first-order valence-electron chi connectivity index (χ1n) is 7.88. The molecule has 2 nitrogen and oxygen atoms in total. The summed E-state index contributed by atoms with van der Waals surface area (Å²) in [4.78, 5) is 0. The van der Waals surface area contributed by atoms with Crippen LogP contribution in [-0.4, -0.2) is 20.2 Å². The summed E-state index contributed by atoms with van der Waals surface area (Å²) in [6.45, 7) is 4.21. The molecule has 0 aromatic heterocycles. The maximum atomic E-state index is 5.32. The van der Waals surface area contributed by atoms with Crippen LogP contribution in [0.2, 0.25) is 0 Å². The molecule has 1 fully saturated rings. The smallest absolute Gasteiger partial charge is 0.119 e. The summed E-state index contributed by atoms with van der Waals surface area (Å²) in [6.07, 6.45) is 9.23. The quantitative estimate of drug-likeness (QED) is 0.836. The van der Waals surface area contributed by atoms with E-state index >= 15 is 0 Å². The Morgan fingerprint density at radius 1 is 1.30 bits per heavy atom. The van der Waals surface area contributed by atoms with Crippen molar-refractivity contribution in [2.24, 2.45) is 5.92 Å². The largest absolute Gasteiger partial charge is 0.497 e. The number of rotatable bonds is 6. The van der Waals surface area contributed by atoms with Crippen molar-refractivity contribution in [3.8, 4) is 5.75 Å². The normalized spacial score (nSPS) is 17.2. The minimum absolute atomic E-state index is 0.758. The van der Waals surface area contributed by atoms with Crippen LogP contribution >= 0.6 is 0 Å². The van der Waals surface area contributed by atoms with E-state index in [2.05, 4.69) is 36.5 Å². The molecule has 0 unspecified atom stereocenters. The molecule has 1 aliphatic rings. The van der Waals surface area contributed by atoms with Crippen LogP contribution in [0.1, 0.15) is 44.6 Å². The second-order valence-electron chi connectivity index (χ2n) is 5.61. The highest BCUT2D eigenvalue weighted by molar-refractivity contribution is 5.55. The van der Waals surface area contributed by atoms with Gasteiger partial charge in [-0.15, -0.1) is 0 Å². The van der Waals surface area contributed by atoms with Gasteiger partial charge in [0.15, 0.2) is 0 Å². The second-order valence-corrected chi connectivity index (χ2v) is 5.61. The lowest BCUT2D eigenvalue weighted by atomic mass is 9.83. The summed E-state index contributed by atoms with van der Waals surface area (Å²) in [6, 6.07) is 8.35. The van der Waals surface area contributed by atoms with E-state index in [4.69, 9.17) is 4.74 Å². The zero-order valence-electron chi connectivity index (χ0n) is 12.8. The molecule has 20 heavy (non-hydrogen) atoms. The standard InChI is InChI=1S/C18H27NO/c1-3-19-14-17(16-9-5-4-6-10-16)12-15-8-7-11-18(13-15)20-2/h7-8,11-13,16,19H,3-6,9-10,14H2,1-2H3/b17-12-. The number of hydrogen-bond acceptors (Lipinski definition) is 2. The summed E-state index contributed by atoms with van der Waals surface area (Å²) >= 11 is 0. The molecule has 1 aromatic rings.